The molecule has 0 aliphatic rings. The molecule has 166 valence electrons. The molecule has 0 unspecified atom stereocenters. The van der Waals surface area contributed by atoms with Gasteiger partial charge in [-0.1, -0.05) is 56.5 Å². The fourth-order valence-corrected chi connectivity index (χ4v) is 3.02. The third-order valence-corrected chi connectivity index (χ3v) is 4.90. The summed E-state index contributed by atoms with van der Waals surface area (Å²) in [7, 11) is 0. The highest BCUT2D eigenvalue weighted by Crippen LogP contribution is 2.13. The molecule has 2 aromatic heterocycles. The Morgan fingerprint density at radius 3 is 2.39 bits per heavy atom. The Bertz CT molecular complexity index is 1050. The average molecular weight is 426 g/mol. The van der Waals surface area contributed by atoms with Crippen LogP contribution in [0.2, 0.25) is 0 Å². The van der Waals surface area contributed by atoms with Crippen molar-refractivity contribution in [3.05, 3.63) is 92.4 Å². The Kier molecular flexibility index (Phi) is 9.62. The van der Waals surface area contributed by atoms with Crippen LogP contribution in [0.15, 0.2) is 68.9 Å². The van der Waals surface area contributed by atoms with Gasteiger partial charge in [0.2, 0.25) is 16.6 Å². The third-order valence-electron chi connectivity index (χ3n) is 4.90. The first-order valence-electron chi connectivity index (χ1n) is 10.6. The minimum Gasteiger partial charge on any atom is -0.503 e. The van der Waals surface area contributed by atoms with Gasteiger partial charge < -0.3 is 18.8 Å². The molecule has 0 saturated carbocycles. The highest BCUT2D eigenvalue weighted by atomic mass is 16.5. The summed E-state index contributed by atoms with van der Waals surface area (Å²) < 4.78 is 12.5. The van der Waals surface area contributed by atoms with Crippen LogP contribution in [0, 0.1) is 13.8 Å². The van der Waals surface area contributed by atoms with Crippen LogP contribution in [-0.2, 0) is 13.2 Å². The lowest BCUT2D eigenvalue weighted by molar-refractivity contribution is 0.286. The number of rotatable bonds is 8. The smallest absolute Gasteiger partial charge is 0.227 e. The molecule has 0 saturated heterocycles. The number of hydrogen-bond acceptors (Lipinski definition) is 5. The second kappa shape index (κ2) is 12.4. The van der Waals surface area contributed by atoms with Crippen LogP contribution >= 0.6 is 0 Å². The first-order valence-corrected chi connectivity index (χ1v) is 10.6. The highest BCUT2D eigenvalue weighted by molar-refractivity contribution is 5.25. The van der Waals surface area contributed by atoms with Crippen molar-refractivity contribution in [1.82, 2.24) is 4.57 Å². The topological polar surface area (TPSA) is 81.7 Å². The summed E-state index contributed by atoms with van der Waals surface area (Å²) in [5.74, 6) is 0.669. The predicted molar refractivity (Wildman–Crippen MR) is 122 cm³/mol. The van der Waals surface area contributed by atoms with E-state index in [2.05, 4.69) is 6.92 Å². The zero-order chi connectivity index (χ0) is 22.6. The maximum Gasteiger partial charge on any atom is 0.227 e. The fourth-order valence-electron chi connectivity index (χ4n) is 3.02. The van der Waals surface area contributed by atoms with Gasteiger partial charge in [-0.05, 0) is 25.8 Å². The lowest BCUT2D eigenvalue weighted by Gasteiger charge is -2.10. The van der Waals surface area contributed by atoms with E-state index in [4.69, 9.17) is 9.15 Å². The third kappa shape index (κ3) is 7.48. The van der Waals surface area contributed by atoms with E-state index < -0.39 is 0 Å². The molecule has 0 atom stereocenters. The molecule has 0 amide bonds. The van der Waals surface area contributed by atoms with Crippen molar-refractivity contribution in [3.8, 4) is 11.5 Å². The van der Waals surface area contributed by atoms with Crippen LogP contribution < -0.4 is 15.6 Å². The Morgan fingerprint density at radius 1 is 0.968 bits per heavy atom. The quantitative estimate of drug-likeness (QED) is 0.515. The average Bonchev–Trinajstić information content (AvgIpc) is 2.77. The van der Waals surface area contributed by atoms with Gasteiger partial charge in [-0.15, -0.1) is 0 Å². The number of benzene rings is 1. The molecule has 1 aromatic carbocycles. The second-order valence-corrected chi connectivity index (χ2v) is 7.31. The van der Waals surface area contributed by atoms with Gasteiger partial charge in [-0.2, -0.15) is 0 Å². The van der Waals surface area contributed by atoms with Crippen molar-refractivity contribution in [2.45, 2.75) is 59.6 Å². The predicted octanol–water partition coefficient (Wildman–Crippen LogP) is 4.97. The van der Waals surface area contributed by atoms with Crippen LogP contribution in [0.1, 0.15) is 49.6 Å². The number of unbranched alkanes of at least 4 members (excludes halogenated alkanes) is 3. The maximum absolute atomic E-state index is 11.5. The maximum atomic E-state index is 11.5. The molecule has 0 bridgehead atoms. The summed E-state index contributed by atoms with van der Waals surface area (Å²) in [5.41, 5.74) is 1.24. The largest absolute Gasteiger partial charge is 0.503 e. The Labute approximate surface area is 182 Å². The van der Waals surface area contributed by atoms with Crippen molar-refractivity contribution >= 4 is 0 Å². The van der Waals surface area contributed by atoms with Gasteiger partial charge in [0.15, 0.2) is 5.75 Å². The van der Waals surface area contributed by atoms with Crippen LogP contribution in [0.25, 0.3) is 0 Å². The number of ether oxygens (including phenoxy) is 1. The van der Waals surface area contributed by atoms with E-state index in [1.165, 1.54) is 37.7 Å². The number of pyridine rings is 1. The molecule has 6 heteroatoms. The first kappa shape index (κ1) is 24.0. The van der Waals surface area contributed by atoms with E-state index in [1.54, 1.807) is 20.0 Å². The van der Waals surface area contributed by atoms with Gasteiger partial charge >= 0.3 is 0 Å². The SMILES string of the molecule is CCCCCCn1ccc(=O)c(O)c1C.Cc1occc(=O)c1OCc1ccccc1. The van der Waals surface area contributed by atoms with Crippen molar-refractivity contribution in [2.75, 3.05) is 0 Å². The second-order valence-electron chi connectivity index (χ2n) is 7.31. The summed E-state index contributed by atoms with van der Waals surface area (Å²) >= 11 is 0. The molecule has 0 aliphatic carbocycles. The summed E-state index contributed by atoms with van der Waals surface area (Å²) in [6, 6.07) is 12.5. The standard InChI is InChI=1S/C13H12O3.C12H19NO2/c1-10-13(12(14)7-8-15-10)16-9-11-5-3-2-4-6-11;1-3-4-5-6-8-13-9-7-11(14)12(15)10(13)2/h2-8H,9H2,1H3;7,9,15H,3-6,8H2,1-2H3. The normalized spacial score (nSPS) is 10.3. The highest BCUT2D eigenvalue weighted by Gasteiger charge is 2.06. The van der Waals surface area contributed by atoms with Gasteiger partial charge in [0.1, 0.15) is 12.4 Å². The molecule has 1 N–H and O–H groups in total. The zero-order valence-electron chi connectivity index (χ0n) is 18.5. The molecule has 31 heavy (non-hydrogen) atoms. The molecule has 0 aliphatic heterocycles. The van der Waals surface area contributed by atoms with Crippen LogP contribution in [0.4, 0.5) is 0 Å². The molecule has 0 radical (unpaired) electrons. The Balaban J connectivity index is 0.000000221. The van der Waals surface area contributed by atoms with E-state index >= 15 is 0 Å². The lowest BCUT2D eigenvalue weighted by atomic mass is 10.2. The summed E-state index contributed by atoms with van der Waals surface area (Å²) in [5, 5.41) is 9.46. The van der Waals surface area contributed by atoms with Gasteiger partial charge in [0, 0.05) is 24.9 Å². The summed E-state index contributed by atoms with van der Waals surface area (Å²) in [6.07, 6.45) is 7.87. The molecule has 2 heterocycles. The van der Waals surface area contributed by atoms with Crippen molar-refractivity contribution in [3.63, 3.8) is 0 Å². The number of aryl methyl sites for hydroxylation is 2. The minimum atomic E-state index is -0.294. The Morgan fingerprint density at radius 2 is 1.71 bits per heavy atom. The lowest BCUT2D eigenvalue weighted by Crippen LogP contribution is -2.10. The number of aromatic nitrogens is 1. The van der Waals surface area contributed by atoms with Crippen molar-refractivity contribution in [2.24, 2.45) is 0 Å². The van der Waals surface area contributed by atoms with Gasteiger partial charge in [-0.3, -0.25) is 9.59 Å². The minimum absolute atomic E-state index is 0.118. The van der Waals surface area contributed by atoms with E-state index in [0.717, 1.165) is 18.5 Å². The van der Waals surface area contributed by atoms with Gasteiger partial charge in [0.05, 0.1) is 12.0 Å². The Hall–Kier alpha value is -3.28. The number of nitrogens with zero attached hydrogens (tertiary/aromatic N) is 1. The van der Waals surface area contributed by atoms with E-state index in [1.807, 2.05) is 34.9 Å². The first-order chi connectivity index (χ1) is 14.9. The van der Waals surface area contributed by atoms with Crippen molar-refractivity contribution in [1.29, 1.82) is 0 Å². The molecule has 3 rings (SSSR count). The van der Waals surface area contributed by atoms with E-state index in [0.29, 0.717) is 18.1 Å². The fraction of sp³-hybridized carbons (Fsp3) is 0.360. The summed E-state index contributed by atoms with van der Waals surface area (Å²) in [6.45, 7) is 6.91. The molecule has 6 nitrogen and oxygen atoms in total. The van der Waals surface area contributed by atoms with E-state index in [9.17, 15) is 14.7 Å². The summed E-state index contributed by atoms with van der Waals surface area (Å²) in [4.78, 5) is 22.6. The van der Waals surface area contributed by atoms with Crippen LogP contribution in [0.5, 0.6) is 11.5 Å². The molecule has 3 aromatic rings. The number of aromatic hydroxyl groups is 1. The van der Waals surface area contributed by atoms with Crippen LogP contribution in [-0.4, -0.2) is 9.67 Å². The monoisotopic (exact) mass is 425 g/mol. The number of hydrogen-bond donors (Lipinski definition) is 1. The van der Waals surface area contributed by atoms with Crippen LogP contribution in [0.3, 0.4) is 0 Å². The molecule has 0 spiro atoms. The zero-order valence-corrected chi connectivity index (χ0v) is 18.5. The van der Waals surface area contributed by atoms with E-state index in [-0.39, 0.29) is 22.4 Å². The molecule has 0 fully saturated rings. The molecular formula is C25H31NO5. The van der Waals surface area contributed by atoms with Gasteiger partial charge in [-0.25, -0.2) is 0 Å². The van der Waals surface area contributed by atoms with Crippen molar-refractivity contribution < 1.29 is 14.3 Å². The molecular weight excluding hydrogens is 394 g/mol. The van der Waals surface area contributed by atoms with Gasteiger partial charge in [0.25, 0.3) is 0 Å².